The summed E-state index contributed by atoms with van der Waals surface area (Å²) in [5.41, 5.74) is 1.43. The first-order valence-electron chi connectivity index (χ1n) is 5.62. The number of rotatable bonds is 5. The van der Waals surface area contributed by atoms with E-state index in [1.165, 1.54) is 10.4 Å². The van der Waals surface area contributed by atoms with Crippen LogP contribution in [0.5, 0.6) is 0 Å². The van der Waals surface area contributed by atoms with Gasteiger partial charge in [0.2, 0.25) is 0 Å². The molecule has 0 amide bonds. The van der Waals surface area contributed by atoms with Gasteiger partial charge in [0, 0.05) is 21.0 Å². The first-order chi connectivity index (χ1) is 8.70. The highest BCUT2D eigenvalue weighted by molar-refractivity contribution is 9.09. The van der Waals surface area contributed by atoms with Gasteiger partial charge in [-0.1, -0.05) is 73.8 Å². The number of thiophene rings is 1. The molecule has 0 aliphatic carbocycles. The molecule has 0 unspecified atom stereocenters. The van der Waals surface area contributed by atoms with Gasteiger partial charge in [0.15, 0.2) is 0 Å². The molecule has 0 N–H and O–H groups in total. The van der Waals surface area contributed by atoms with Gasteiger partial charge in [-0.05, 0) is 24.1 Å². The maximum Gasteiger partial charge on any atom is 0.0931 e. The second-order valence-electron chi connectivity index (χ2n) is 4.30. The zero-order chi connectivity index (χ0) is 13.0. The molecular weight excluding hydrogens is 395 g/mol. The van der Waals surface area contributed by atoms with E-state index in [-0.39, 0.29) is 5.41 Å². The number of halogens is 3. The number of benzene rings is 1. The fourth-order valence-corrected chi connectivity index (χ4v) is 5.16. The van der Waals surface area contributed by atoms with Crippen LogP contribution >= 0.6 is 54.8 Å². The second-order valence-corrected chi connectivity index (χ2v) is 7.22. The summed E-state index contributed by atoms with van der Waals surface area (Å²) in [7, 11) is 0. The second kappa shape index (κ2) is 6.56. The van der Waals surface area contributed by atoms with E-state index < -0.39 is 0 Å². The molecule has 2 aromatic rings. The molecular formula is C14H13Br2ClS. The van der Waals surface area contributed by atoms with Crippen LogP contribution in [0, 0.1) is 0 Å². The smallest absolute Gasteiger partial charge is 0.0931 e. The van der Waals surface area contributed by atoms with Gasteiger partial charge in [-0.2, -0.15) is 0 Å². The van der Waals surface area contributed by atoms with Crippen LogP contribution in [-0.2, 0) is 11.8 Å². The third-order valence-electron chi connectivity index (χ3n) is 3.04. The van der Waals surface area contributed by atoms with E-state index in [9.17, 15) is 0 Å². The Morgan fingerprint density at radius 1 is 1.00 bits per heavy atom. The van der Waals surface area contributed by atoms with Crippen molar-refractivity contribution in [1.29, 1.82) is 0 Å². The zero-order valence-electron chi connectivity index (χ0n) is 9.70. The van der Waals surface area contributed by atoms with Crippen molar-refractivity contribution in [3.8, 4) is 0 Å². The number of alkyl halides is 2. The molecule has 0 atom stereocenters. The lowest BCUT2D eigenvalue weighted by Crippen LogP contribution is -2.32. The molecule has 0 aliphatic rings. The minimum absolute atomic E-state index is 0.0788. The van der Waals surface area contributed by atoms with E-state index >= 15 is 0 Å². The minimum atomic E-state index is 0.0788. The number of hydrogen-bond acceptors (Lipinski definition) is 1. The summed E-state index contributed by atoms with van der Waals surface area (Å²) in [6.45, 7) is 0. The first kappa shape index (κ1) is 14.6. The molecule has 1 aromatic heterocycles. The van der Waals surface area contributed by atoms with Gasteiger partial charge in [0.1, 0.15) is 0 Å². The van der Waals surface area contributed by atoms with Crippen LogP contribution in [-0.4, -0.2) is 10.7 Å². The van der Waals surface area contributed by atoms with Crippen molar-refractivity contribution < 1.29 is 0 Å². The Bertz CT molecular complexity index is 492. The molecule has 0 spiro atoms. The van der Waals surface area contributed by atoms with Crippen LogP contribution in [0.1, 0.15) is 10.4 Å². The summed E-state index contributed by atoms with van der Waals surface area (Å²) in [4.78, 5) is 1.32. The third kappa shape index (κ3) is 3.19. The lowest BCUT2D eigenvalue weighted by atomic mass is 9.81. The van der Waals surface area contributed by atoms with E-state index in [0.29, 0.717) is 0 Å². The molecule has 0 radical (unpaired) electrons. The molecule has 0 fully saturated rings. The van der Waals surface area contributed by atoms with Crippen LogP contribution < -0.4 is 0 Å². The van der Waals surface area contributed by atoms with Crippen molar-refractivity contribution in [1.82, 2.24) is 0 Å². The lowest BCUT2D eigenvalue weighted by Gasteiger charge is -2.30. The van der Waals surface area contributed by atoms with Gasteiger partial charge in [0.05, 0.1) is 4.34 Å². The average molecular weight is 409 g/mol. The Morgan fingerprint density at radius 2 is 1.67 bits per heavy atom. The first-order valence-corrected chi connectivity index (χ1v) is 9.05. The van der Waals surface area contributed by atoms with Crippen LogP contribution in [0.25, 0.3) is 0 Å². The lowest BCUT2D eigenvalue weighted by molar-refractivity contribution is 0.556. The fourth-order valence-electron chi connectivity index (χ4n) is 1.96. The van der Waals surface area contributed by atoms with E-state index in [1.807, 2.05) is 6.07 Å². The monoisotopic (exact) mass is 406 g/mol. The Labute approximate surface area is 134 Å². The van der Waals surface area contributed by atoms with Crippen molar-refractivity contribution >= 4 is 54.8 Å². The topological polar surface area (TPSA) is 0 Å². The van der Waals surface area contributed by atoms with Gasteiger partial charge >= 0.3 is 0 Å². The normalized spacial score (nSPS) is 11.7. The minimum Gasteiger partial charge on any atom is -0.128 e. The molecule has 1 aromatic carbocycles. The van der Waals surface area contributed by atoms with Crippen molar-refractivity contribution in [3.05, 3.63) is 57.2 Å². The van der Waals surface area contributed by atoms with Crippen LogP contribution in [0.4, 0.5) is 0 Å². The summed E-state index contributed by atoms with van der Waals surface area (Å²) in [5, 5.41) is 1.84. The molecule has 96 valence electrons. The summed E-state index contributed by atoms with van der Waals surface area (Å²) in [6, 6.07) is 14.7. The predicted octanol–water partition coefficient (Wildman–Crippen LogP) is 5.67. The SMILES string of the molecule is Clc1ccc(CC(CBr)(CBr)c2ccccc2)s1. The summed E-state index contributed by atoms with van der Waals surface area (Å²) >= 11 is 15.0. The molecule has 0 nitrogen and oxygen atoms in total. The molecule has 1 heterocycles. The van der Waals surface area contributed by atoms with Crippen LogP contribution in [0.15, 0.2) is 42.5 Å². The van der Waals surface area contributed by atoms with Gasteiger partial charge in [-0.3, -0.25) is 0 Å². The Morgan fingerprint density at radius 3 is 2.17 bits per heavy atom. The fraction of sp³-hybridized carbons (Fsp3) is 0.286. The Balaban J connectivity index is 2.32. The molecule has 2 rings (SSSR count). The highest BCUT2D eigenvalue weighted by atomic mass is 79.9. The van der Waals surface area contributed by atoms with Crippen molar-refractivity contribution in [2.75, 3.05) is 10.7 Å². The van der Waals surface area contributed by atoms with Crippen LogP contribution in [0.3, 0.4) is 0 Å². The molecule has 0 saturated heterocycles. The standard InChI is InChI=1S/C14H13Br2ClS/c15-9-14(10-16,11-4-2-1-3-5-11)8-12-6-7-13(17)18-12/h1-7H,8-10H2. The van der Waals surface area contributed by atoms with E-state index in [1.54, 1.807) is 11.3 Å². The Hall–Kier alpha value is 0.170. The largest absolute Gasteiger partial charge is 0.128 e. The summed E-state index contributed by atoms with van der Waals surface area (Å²) in [5.74, 6) is 0. The van der Waals surface area contributed by atoms with Gasteiger partial charge in [-0.15, -0.1) is 11.3 Å². The van der Waals surface area contributed by atoms with E-state index in [2.05, 4.69) is 68.3 Å². The quantitative estimate of drug-likeness (QED) is 0.559. The number of hydrogen-bond donors (Lipinski definition) is 0. The maximum absolute atomic E-state index is 6.02. The van der Waals surface area contributed by atoms with Gasteiger partial charge in [-0.25, -0.2) is 0 Å². The molecule has 0 bridgehead atoms. The highest BCUT2D eigenvalue weighted by Crippen LogP contribution is 2.35. The van der Waals surface area contributed by atoms with Gasteiger partial charge in [0.25, 0.3) is 0 Å². The van der Waals surface area contributed by atoms with E-state index in [4.69, 9.17) is 11.6 Å². The van der Waals surface area contributed by atoms with E-state index in [0.717, 1.165) is 21.4 Å². The summed E-state index contributed by atoms with van der Waals surface area (Å²) in [6.07, 6.45) is 0.991. The molecule has 4 heteroatoms. The maximum atomic E-state index is 6.02. The summed E-state index contributed by atoms with van der Waals surface area (Å²) < 4.78 is 0.858. The average Bonchev–Trinajstić information content (AvgIpc) is 2.82. The van der Waals surface area contributed by atoms with Gasteiger partial charge < -0.3 is 0 Å². The molecule has 0 saturated carbocycles. The van der Waals surface area contributed by atoms with Crippen molar-refractivity contribution in [2.24, 2.45) is 0 Å². The molecule has 0 aliphatic heterocycles. The Kier molecular flexibility index (Phi) is 5.31. The van der Waals surface area contributed by atoms with Crippen molar-refractivity contribution in [3.63, 3.8) is 0 Å². The zero-order valence-corrected chi connectivity index (χ0v) is 14.4. The highest BCUT2D eigenvalue weighted by Gasteiger charge is 2.30. The van der Waals surface area contributed by atoms with Crippen molar-refractivity contribution in [2.45, 2.75) is 11.8 Å². The predicted molar refractivity (Wildman–Crippen MR) is 88.7 cm³/mol. The molecule has 18 heavy (non-hydrogen) atoms. The third-order valence-corrected chi connectivity index (χ3v) is 6.42. The van der Waals surface area contributed by atoms with Crippen LogP contribution in [0.2, 0.25) is 4.34 Å².